The van der Waals surface area contributed by atoms with Crippen LogP contribution in [-0.2, 0) is 6.42 Å². The van der Waals surface area contributed by atoms with Gasteiger partial charge < -0.3 is 9.84 Å². The highest BCUT2D eigenvalue weighted by Crippen LogP contribution is 2.33. The third-order valence-electron chi connectivity index (χ3n) is 4.30. The molecule has 0 radical (unpaired) electrons. The van der Waals surface area contributed by atoms with E-state index in [1.54, 1.807) is 11.3 Å². The molecule has 0 aliphatic carbocycles. The highest BCUT2D eigenvalue weighted by molar-refractivity contribution is 9.11. The zero-order valence-corrected chi connectivity index (χ0v) is 13.4. The van der Waals surface area contributed by atoms with Crippen molar-refractivity contribution in [2.75, 3.05) is 0 Å². The second-order valence-corrected chi connectivity index (χ2v) is 8.26. The Labute approximate surface area is 130 Å². The molecule has 0 saturated carbocycles. The molecule has 4 rings (SSSR count). The molecule has 1 N–H and O–H groups in total. The normalized spacial score (nSPS) is 28.9. The van der Waals surface area contributed by atoms with E-state index >= 15 is 0 Å². The molecule has 0 aromatic carbocycles. The second-order valence-electron chi connectivity index (χ2n) is 5.79. The van der Waals surface area contributed by atoms with Gasteiger partial charge in [0.2, 0.25) is 11.7 Å². The Morgan fingerprint density at radius 1 is 1.30 bits per heavy atom. The molecule has 2 unspecified atom stereocenters. The average Bonchev–Trinajstić information content (AvgIpc) is 3.11. The number of nitrogens with one attached hydrogen (secondary N) is 1. The van der Waals surface area contributed by atoms with E-state index in [1.807, 2.05) is 12.1 Å². The molecule has 2 bridgehead atoms. The van der Waals surface area contributed by atoms with Gasteiger partial charge >= 0.3 is 0 Å². The molecule has 0 amide bonds. The Hall–Kier alpha value is -0.720. The van der Waals surface area contributed by atoms with Gasteiger partial charge in [0.25, 0.3) is 0 Å². The summed E-state index contributed by atoms with van der Waals surface area (Å²) in [7, 11) is 0. The topological polar surface area (TPSA) is 51.0 Å². The molecule has 20 heavy (non-hydrogen) atoms. The smallest absolute Gasteiger partial charge is 0.227 e. The van der Waals surface area contributed by atoms with Crippen LogP contribution in [0.5, 0.6) is 0 Å². The largest absolute Gasteiger partial charge is 0.339 e. The van der Waals surface area contributed by atoms with Gasteiger partial charge in [-0.2, -0.15) is 4.98 Å². The molecule has 2 aliphatic rings. The van der Waals surface area contributed by atoms with Crippen molar-refractivity contribution in [1.82, 2.24) is 15.5 Å². The highest BCUT2D eigenvalue weighted by Gasteiger charge is 2.34. The van der Waals surface area contributed by atoms with Crippen molar-refractivity contribution in [3.63, 3.8) is 0 Å². The molecular formula is C14H16BrN3OS. The van der Waals surface area contributed by atoms with E-state index in [4.69, 9.17) is 4.52 Å². The minimum absolute atomic E-state index is 0.692. The first-order valence-corrected chi connectivity index (χ1v) is 8.71. The van der Waals surface area contributed by atoms with Crippen molar-refractivity contribution in [2.45, 2.75) is 44.2 Å². The standard InChI is InChI=1S/C14H16BrN3OS/c15-12-4-3-11(20-12)14-17-13(19-18-14)7-8-5-9-1-2-10(6-8)16-9/h3-4,8-10,16H,1-2,5-7H2. The Balaban J connectivity index is 1.46. The second kappa shape index (κ2) is 5.24. The summed E-state index contributed by atoms with van der Waals surface area (Å²) in [6.07, 6.45) is 6.09. The fraction of sp³-hybridized carbons (Fsp3) is 0.571. The molecule has 2 aromatic heterocycles. The van der Waals surface area contributed by atoms with E-state index < -0.39 is 0 Å². The van der Waals surface area contributed by atoms with Crippen molar-refractivity contribution in [3.8, 4) is 10.7 Å². The molecule has 6 heteroatoms. The summed E-state index contributed by atoms with van der Waals surface area (Å²) in [6, 6.07) is 5.47. The number of piperidine rings is 1. The molecule has 4 heterocycles. The van der Waals surface area contributed by atoms with E-state index in [0.717, 1.165) is 33.1 Å². The van der Waals surface area contributed by atoms with E-state index in [0.29, 0.717) is 11.7 Å². The summed E-state index contributed by atoms with van der Waals surface area (Å²) in [6.45, 7) is 0. The van der Waals surface area contributed by atoms with Crippen LogP contribution in [0.2, 0.25) is 0 Å². The number of nitrogens with zero attached hydrogens (tertiary/aromatic N) is 2. The monoisotopic (exact) mass is 353 g/mol. The van der Waals surface area contributed by atoms with Crippen LogP contribution in [0, 0.1) is 5.92 Å². The number of thiophene rings is 1. The van der Waals surface area contributed by atoms with Gasteiger partial charge in [0.15, 0.2) is 0 Å². The average molecular weight is 354 g/mol. The van der Waals surface area contributed by atoms with Crippen LogP contribution in [0.1, 0.15) is 31.6 Å². The lowest BCUT2D eigenvalue weighted by Crippen LogP contribution is -2.38. The van der Waals surface area contributed by atoms with Crippen LogP contribution in [0.3, 0.4) is 0 Å². The van der Waals surface area contributed by atoms with Gasteiger partial charge in [-0.15, -0.1) is 11.3 Å². The summed E-state index contributed by atoms with van der Waals surface area (Å²) < 4.78 is 6.52. The lowest BCUT2D eigenvalue weighted by atomic mass is 9.90. The van der Waals surface area contributed by atoms with Gasteiger partial charge in [0.1, 0.15) is 0 Å². The first-order chi connectivity index (χ1) is 9.76. The minimum Gasteiger partial charge on any atom is -0.339 e. The number of fused-ring (bicyclic) bond motifs is 2. The maximum atomic E-state index is 5.43. The summed E-state index contributed by atoms with van der Waals surface area (Å²) in [4.78, 5) is 5.60. The Morgan fingerprint density at radius 2 is 2.10 bits per heavy atom. The Morgan fingerprint density at radius 3 is 2.80 bits per heavy atom. The quantitative estimate of drug-likeness (QED) is 0.915. The summed E-state index contributed by atoms with van der Waals surface area (Å²) in [5, 5.41) is 7.78. The van der Waals surface area contributed by atoms with E-state index in [1.165, 1.54) is 25.7 Å². The molecule has 2 fully saturated rings. The van der Waals surface area contributed by atoms with Crippen molar-refractivity contribution in [2.24, 2.45) is 5.92 Å². The molecule has 2 aromatic rings. The summed E-state index contributed by atoms with van der Waals surface area (Å²) in [5.41, 5.74) is 0. The molecule has 106 valence electrons. The molecule has 2 saturated heterocycles. The van der Waals surface area contributed by atoms with Crippen LogP contribution in [-0.4, -0.2) is 22.2 Å². The van der Waals surface area contributed by atoms with Crippen LogP contribution in [0.15, 0.2) is 20.4 Å². The molecule has 4 nitrogen and oxygen atoms in total. The van der Waals surface area contributed by atoms with E-state index in [-0.39, 0.29) is 0 Å². The zero-order chi connectivity index (χ0) is 13.5. The third-order valence-corrected chi connectivity index (χ3v) is 5.92. The first kappa shape index (κ1) is 13.0. The minimum atomic E-state index is 0.692. The van der Waals surface area contributed by atoms with Crippen molar-refractivity contribution < 1.29 is 4.52 Å². The molecule has 2 aliphatic heterocycles. The maximum absolute atomic E-state index is 5.43. The third kappa shape index (κ3) is 2.56. The highest BCUT2D eigenvalue weighted by atomic mass is 79.9. The predicted molar refractivity (Wildman–Crippen MR) is 81.7 cm³/mol. The number of rotatable bonds is 3. The van der Waals surface area contributed by atoms with Gasteiger partial charge in [-0.3, -0.25) is 0 Å². The molecular weight excluding hydrogens is 338 g/mol. The van der Waals surface area contributed by atoms with Crippen LogP contribution in [0.25, 0.3) is 10.7 Å². The Bertz CT molecular complexity index is 599. The van der Waals surface area contributed by atoms with Crippen molar-refractivity contribution in [1.29, 1.82) is 0 Å². The van der Waals surface area contributed by atoms with Gasteiger partial charge in [-0.1, -0.05) is 5.16 Å². The van der Waals surface area contributed by atoms with Gasteiger partial charge in [0, 0.05) is 18.5 Å². The number of halogens is 1. The lowest BCUT2D eigenvalue weighted by Gasteiger charge is -2.27. The lowest BCUT2D eigenvalue weighted by molar-refractivity contribution is 0.270. The molecule has 0 spiro atoms. The number of hydrogen-bond acceptors (Lipinski definition) is 5. The molecule has 2 atom stereocenters. The van der Waals surface area contributed by atoms with Gasteiger partial charge in [-0.05, 0) is 59.7 Å². The van der Waals surface area contributed by atoms with Crippen LogP contribution < -0.4 is 5.32 Å². The van der Waals surface area contributed by atoms with E-state index in [2.05, 4.69) is 31.4 Å². The van der Waals surface area contributed by atoms with Crippen LogP contribution >= 0.6 is 27.3 Å². The van der Waals surface area contributed by atoms with Gasteiger partial charge in [0.05, 0.1) is 8.66 Å². The van der Waals surface area contributed by atoms with Crippen LogP contribution in [0.4, 0.5) is 0 Å². The Kier molecular flexibility index (Phi) is 3.40. The van der Waals surface area contributed by atoms with Crippen molar-refractivity contribution >= 4 is 27.3 Å². The summed E-state index contributed by atoms with van der Waals surface area (Å²) in [5.74, 6) is 2.19. The van der Waals surface area contributed by atoms with E-state index in [9.17, 15) is 0 Å². The van der Waals surface area contributed by atoms with Crippen molar-refractivity contribution in [3.05, 3.63) is 21.8 Å². The SMILES string of the molecule is Brc1ccc(-c2noc(CC3CC4CCC(C3)N4)n2)s1. The predicted octanol–water partition coefficient (Wildman–Crippen LogP) is 3.63. The fourth-order valence-electron chi connectivity index (χ4n) is 3.46. The maximum Gasteiger partial charge on any atom is 0.227 e. The number of aromatic nitrogens is 2. The van der Waals surface area contributed by atoms with Gasteiger partial charge in [-0.25, -0.2) is 0 Å². The first-order valence-electron chi connectivity index (χ1n) is 7.10. The summed E-state index contributed by atoms with van der Waals surface area (Å²) >= 11 is 5.09. The number of hydrogen-bond donors (Lipinski definition) is 1. The zero-order valence-electron chi connectivity index (χ0n) is 11.0. The fourth-order valence-corrected chi connectivity index (χ4v) is 4.77.